The van der Waals surface area contributed by atoms with E-state index in [1.165, 1.54) is 0 Å². The minimum Gasteiger partial charge on any atom is -0.546 e. The van der Waals surface area contributed by atoms with Crippen LogP contribution in [0.25, 0.3) is 11.0 Å². The molecule has 2 aromatic carbocycles. The Morgan fingerprint density at radius 1 is 1.14 bits per heavy atom. The maximum atomic E-state index is 12.3. The highest BCUT2D eigenvalue weighted by Crippen LogP contribution is 2.32. The number of carboxylic acid groups (broad SMARTS) is 1. The third kappa shape index (κ3) is 4.90. The van der Waals surface area contributed by atoms with Gasteiger partial charge in [0.2, 0.25) is 10.0 Å². The Morgan fingerprint density at radius 3 is 2.61 bits per heavy atom. The summed E-state index contributed by atoms with van der Waals surface area (Å²) in [6, 6.07) is 14.1. The quantitative estimate of drug-likeness (QED) is 0.581. The van der Waals surface area contributed by atoms with Crippen molar-refractivity contribution < 1.29 is 27.5 Å². The number of carboxylic acids is 1. The van der Waals surface area contributed by atoms with Gasteiger partial charge >= 0.3 is 0 Å². The van der Waals surface area contributed by atoms with Crippen LogP contribution in [0.4, 0.5) is 0 Å². The average molecular weight is 402 g/mol. The molecule has 0 unspecified atom stereocenters. The van der Waals surface area contributed by atoms with Crippen molar-refractivity contribution in [3.63, 3.8) is 0 Å². The molecule has 0 aliphatic carbocycles. The van der Waals surface area contributed by atoms with Crippen molar-refractivity contribution >= 4 is 27.0 Å². The molecule has 0 fully saturated rings. The topological polar surface area (TPSA) is 109 Å². The van der Waals surface area contributed by atoms with E-state index in [0.29, 0.717) is 23.5 Å². The molecule has 148 valence electrons. The minimum absolute atomic E-state index is 0.0832. The molecule has 0 saturated heterocycles. The van der Waals surface area contributed by atoms with Crippen LogP contribution in [0.15, 0.2) is 52.9 Å². The van der Waals surface area contributed by atoms with E-state index in [4.69, 9.17) is 9.15 Å². The van der Waals surface area contributed by atoms with Gasteiger partial charge in [0.1, 0.15) is 12.4 Å². The second-order valence-corrected chi connectivity index (χ2v) is 8.13. The first-order valence-corrected chi connectivity index (χ1v) is 10.4. The van der Waals surface area contributed by atoms with Crippen LogP contribution in [0.1, 0.15) is 16.9 Å². The van der Waals surface area contributed by atoms with E-state index in [9.17, 15) is 18.3 Å². The normalized spacial score (nSPS) is 11.6. The number of aryl methyl sites for hydroxylation is 1. The zero-order valence-electron chi connectivity index (χ0n) is 15.3. The van der Waals surface area contributed by atoms with Crippen LogP contribution in [-0.2, 0) is 27.0 Å². The van der Waals surface area contributed by atoms with Crippen molar-refractivity contribution in [2.75, 3.05) is 13.2 Å². The lowest BCUT2D eigenvalue weighted by molar-refractivity contribution is -0.307. The molecule has 0 amide bonds. The van der Waals surface area contributed by atoms with Gasteiger partial charge in [-0.2, -0.15) is 0 Å². The van der Waals surface area contributed by atoms with Gasteiger partial charge in [0.05, 0.1) is 11.7 Å². The molecule has 0 bridgehead atoms. The number of benzene rings is 2. The lowest BCUT2D eigenvalue weighted by Crippen LogP contribution is -2.28. The van der Waals surface area contributed by atoms with Gasteiger partial charge < -0.3 is 19.1 Å². The fourth-order valence-electron chi connectivity index (χ4n) is 3.00. The number of sulfonamides is 1. The summed E-state index contributed by atoms with van der Waals surface area (Å²) < 4.78 is 38.1. The van der Waals surface area contributed by atoms with Gasteiger partial charge in [0.15, 0.2) is 11.3 Å². The first kappa shape index (κ1) is 19.9. The number of nitrogens with one attached hydrogen (secondary N) is 1. The third-order valence-corrected chi connectivity index (χ3v) is 5.58. The Bertz CT molecular complexity index is 1070. The summed E-state index contributed by atoms with van der Waals surface area (Å²) >= 11 is 0. The molecular weight excluding hydrogens is 382 g/mol. The highest BCUT2D eigenvalue weighted by atomic mass is 32.2. The number of rotatable bonds is 9. The molecule has 28 heavy (non-hydrogen) atoms. The van der Waals surface area contributed by atoms with Crippen LogP contribution in [-0.4, -0.2) is 27.5 Å². The number of para-hydroxylation sites is 1. The summed E-state index contributed by atoms with van der Waals surface area (Å²) in [5, 5.41) is 11.4. The van der Waals surface area contributed by atoms with E-state index in [-0.39, 0.29) is 12.3 Å². The van der Waals surface area contributed by atoms with Crippen LogP contribution in [0.2, 0.25) is 0 Å². The maximum absolute atomic E-state index is 12.3. The minimum atomic E-state index is -3.46. The number of ether oxygens (including phenoxy) is 1. The molecule has 0 aliphatic heterocycles. The third-order valence-electron chi connectivity index (χ3n) is 4.23. The summed E-state index contributed by atoms with van der Waals surface area (Å²) in [5.41, 5.74) is 1.99. The van der Waals surface area contributed by atoms with E-state index in [1.807, 2.05) is 12.1 Å². The molecule has 3 aromatic rings. The van der Waals surface area contributed by atoms with E-state index in [0.717, 1.165) is 16.5 Å². The summed E-state index contributed by atoms with van der Waals surface area (Å²) in [6.07, 6.45) is 0.427. The van der Waals surface area contributed by atoms with Crippen molar-refractivity contribution in [1.82, 2.24) is 4.72 Å². The maximum Gasteiger partial charge on any atom is 0.215 e. The molecule has 1 N–H and O–H groups in total. The van der Waals surface area contributed by atoms with Crippen molar-refractivity contribution in [3.8, 4) is 5.75 Å². The molecule has 7 nitrogen and oxygen atoms in total. The highest BCUT2D eigenvalue weighted by Gasteiger charge is 2.16. The zero-order valence-corrected chi connectivity index (χ0v) is 16.1. The Hall–Kier alpha value is -2.84. The summed E-state index contributed by atoms with van der Waals surface area (Å²) in [5.74, 6) is -0.476. The molecule has 0 atom stereocenters. The fourth-order valence-corrected chi connectivity index (χ4v) is 4.15. The molecule has 0 spiro atoms. The number of furan rings is 1. The summed E-state index contributed by atoms with van der Waals surface area (Å²) in [7, 11) is -3.46. The van der Waals surface area contributed by atoms with Crippen molar-refractivity contribution in [3.05, 3.63) is 65.4 Å². The predicted molar refractivity (Wildman–Crippen MR) is 102 cm³/mol. The Balaban J connectivity index is 1.70. The Kier molecular flexibility index (Phi) is 6.01. The molecule has 0 saturated carbocycles. The van der Waals surface area contributed by atoms with Crippen LogP contribution in [0.3, 0.4) is 0 Å². The van der Waals surface area contributed by atoms with Crippen LogP contribution in [0, 0.1) is 6.92 Å². The van der Waals surface area contributed by atoms with Gasteiger partial charge in [-0.25, -0.2) is 13.1 Å². The molecule has 0 radical (unpaired) electrons. The van der Waals surface area contributed by atoms with Crippen LogP contribution in [0.5, 0.6) is 5.75 Å². The van der Waals surface area contributed by atoms with Gasteiger partial charge in [0, 0.05) is 17.5 Å². The monoisotopic (exact) mass is 402 g/mol. The smallest absolute Gasteiger partial charge is 0.215 e. The second-order valence-electron chi connectivity index (χ2n) is 6.32. The molecule has 8 heteroatoms. The molecule has 0 aliphatic rings. The van der Waals surface area contributed by atoms with Crippen LogP contribution < -0.4 is 14.6 Å². The number of aliphatic carboxylic acids is 1. The standard InChI is InChI=1S/C20H21NO6S/c1-14-16(10-11-21-28(24,25)13-15-6-3-2-4-7-15)17-8-5-9-18(20(17)27-14)26-12-19(22)23/h2-9,21H,10-13H2,1H3,(H,22,23)/p-1. The number of fused-ring (bicyclic) bond motifs is 1. The van der Waals surface area contributed by atoms with Crippen molar-refractivity contribution in [2.24, 2.45) is 0 Å². The number of carbonyl (C=O) groups excluding carboxylic acids is 1. The largest absolute Gasteiger partial charge is 0.546 e. The lowest BCUT2D eigenvalue weighted by Gasteiger charge is -2.08. The fraction of sp³-hybridized carbons (Fsp3) is 0.250. The molecule has 1 aromatic heterocycles. The van der Waals surface area contributed by atoms with E-state index in [1.54, 1.807) is 43.3 Å². The SMILES string of the molecule is Cc1oc2c(OCC(=O)[O-])cccc2c1CCNS(=O)(=O)Cc1ccccc1. The molecular formula is C20H20NO6S-. The van der Waals surface area contributed by atoms with Gasteiger partial charge in [0.25, 0.3) is 0 Å². The molecule has 3 rings (SSSR count). The lowest BCUT2D eigenvalue weighted by atomic mass is 10.1. The molecule has 1 heterocycles. The first-order valence-electron chi connectivity index (χ1n) is 8.70. The Labute approximate surface area is 163 Å². The Morgan fingerprint density at radius 2 is 1.89 bits per heavy atom. The van der Waals surface area contributed by atoms with Crippen molar-refractivity contribution in [1.29, 1.82) is 0 Å². The second kappa shape index (κ2) is 8.45. The van der Waals surface area contributed by atoms with E-state index >= 15 is 0 Å². The van der Waals surface area contributed by atoms with Gasteiger partial charge in [-0.1, -0.05) is 42.5 Å². The highest BCUT2D eigenvalue weighted by molar-refractivity contribution is 7.88. The summed E-state index contributed by atoms with van der Waals surface area (Å²) in [4.78, 5) is 10.6. The number of hydrogen-bond donors (Lipinski definition) is 1. The predicted octanol–water partition coefficient (Wildman–Crippen LogP) is 1.53. The van der Waals surface area contributed by atoms with E-state index < -0.39 is 22.6 Å². The summed E-state index contributed by atoms with van der Waals surface area (Å²) in [6.45, 7) is 1.42. The van der Waals surface area contributed by atoms with Gasteiger partial charge in [-0.05, 0) is 25.0 Å². The van der Waals surface area contributed by atoms with E-state index in [2.05, 4.69) is 4.72 Å². The van der Waals surface area contributed by atoms with Crippen LogP contribution >= 0.6 is 0 Å². The van der Waals surface area contributed by atoms with Gasteiger partial charge in [-0.3, -0.25) is 0 Å². The van der Waals surface area contributed by atoms with Gasteiger partial charge in [-0.15, -0.1) is 0 Å². The first-order chi connectivity index (χ1) is 13.4. The zero-order chi connectivity index (χ0) is 20.1. The number of carbonyl (C=O) groups is 1. The number of hydrogen-bond acceptors (Lipinski definition) is 6. The van der Waals surface area contributed by atoms with Crippen molar-refractivity contribution in [2.45, 2.75) is 19.1 Å². The average Bonchev–Trinajstić information content (AvgIpc) is 2.96.